The number of nitrogens with zero attached hydrogens (tertiary/aromatic N) is 1. The molecule has 0 unspecified atom stereocenters. The summed E-state index contributed by atoms with van der Waals surface area (Å²) in [5.41, 5.74) is 1.07. The third-order valence-electron chi connectivity index (χ3n) is 4.81. The summed E-state index contributed by atoms with van der Waals surface area (Å²) in [4.78, 5) is 25.0. The lowest BCUT2D eigenvalue weighted by molar-refractivity contribution is -0.138. The molecule has 1 heterocycles. The van der Waals surface area contributed by atoms with Crippen LogP contribution >= 0.6 is 0 Å². The monoisotopic (exact) mass is 377 g/mol. The Balaban J connectivity index is 1.69. The number of rotatable bonds is 4. The summed E-state index contributed by atoms with van der Waals surface area (Å²) >= 11 is 0. The lowest BCUT2D eigenvalue weighted by Gasteiger charge is -2.31. The minimum Gasteiger partial charge on any atom is -0.481 e. The van der Waals surface area contributed by atoms with E-state index in [1.165, 1.54) is 0 Å². The van der Waals surface area contributed by atoms with Gasteiger partial charge in [0.25, 0.3) is 5.91 Å². The topological polar surface area (TPSA) is 57.6 Å². The van der Waals surface area contributed by atoms with Crippen LogP contribution in [0.15, 0.2) is 36.4 Å². The normalized spacial score (nSPS) is 15.0. The van der Waals surface area contributed by atoms with Crippen molar-refractivity contribution >= 4 is 11.9 Å². The summed E-state index contributed by atoms with van der Waals surface area (Å²) in [7, 11) is 0. The van der Waals surface area contributed by atoms with Crippen molar-refractivity contribution < 1.29 is 27.9 Å². The van der Waals surface area contributed by atoms with Crippen LogP contribution in [0.4, 0.5) is 13.2 Å². The van der Waals surface area contributed by atoms with Crippen LogP contribution in [-0.2, 0) is 4.79 Å². The summed E-state index contributed by atoms with van der Waals surface area (Å²) in [6.45, 7) is 0.986. The molecule has 0 aliphatic carbocycles. The van der Waals surface area contributed by atoms with E-state index in [9.17, 15) is 22.8 Å². The maximum Gasteiger partial charge on any atom is 0.303 e. The lowest BCUT2D eigenvalue weighted by Crippen LogP contribution is -2.38. The average molecular weight is 377 g/mol. The molecule has 0 bridgehead atoms. The van der Waals surface area contributed by atoms with Gasteiger partial charge in [-0.1, -0.05) is 12.1 Å². The summed E-state index contributed by atoms with van der Waals surface area (Å²) in [6, 6.07) is 8.03. The Hall–Kier alpha value is -2.83. The number of amides is 1. The highest BCUT2D eigenvalue weighted by Gasteiger charge is 2.25. The van der Waals surface area contributed by atoms with Crippen molar-refractivity contribution in [1.29, 1.82) is 0 Å². The van der Waals surface area contributed by atoms with Crippen LogP contribution in [0.25, 0.3) is 11.1 Å². The van der Waals surface area contributed by atoms with Gasteiger partial charge >= 0.3 is 5.97 Å². The molecule has 0 saturated carbocycles. The van der Waals surface area contributed by atoms with Crippen LogP contribution in [0.3, 0.4) is 0 Å². The van der Waals surface area contributed by atoms with Crippen molar-refractivity contribution in [2.24, 2.45) is 5.92 Å². The van der Waals surface area contributed by atoms with Gasteiger partial charge in [0.05, 0.1) is 0 Å². The first-order chi connectivity index (χ1) is 12.8. The van der Waals surface area contributed by atoms with Crippen molar-refractivity contribution in [2.45, 2.75) is 19.3 Å². The van der Waals surface area contributed by atoms with Gasteiger partial charge in [0, 0.05) is 25.1 Å². The molecular weight excluding hydrogens is 359 g/mol. The Kier molecular flexibility index (Phi) is 5.48. The van der Waals surface area contributed by atoms with Crippen LogP contribution in [0, 0.1) is 23.4 Å². The van der Waals surface area contributed by atoms with E-state index >= 15 is 0 Å². The molecule has 1 aliphatic heterocycles. The molecule has 2 aromatic carbocycles. The third kappa shape index (κ3) is 4.30. The van der Waals surface area contributed by atoms with Gasteiger partial charge < -0.3 is 10.0 Å². The quantitative estimate of drug-likeness (QED) is 0.817. The largest absolute Gasteiger partial charge is 0.481 e. The number of halogens is 3. The molecule has 0 radical (unpaired) electrons. The number of likely N-dealkylation sites (tertiary alicyclic amines) is 1. The zero-order valence-electron chi connectivity index (χ0n) is 14.4. The second kappa shape index (κ2) is 7.82. The Morgan fingerprint density at radius 2 is 1.52 bits per heavy atom. The molecular formula is C20H18F3NO3. The second-order valence-electron chi connectivity index (χ2n) is 6.66. The maximum absolute atomic E-state index is 13.4. The van der Waals surface area contributed by atoms with E-state index in [0.717, 1.165) is 12.1 Å². The van der Waals surface area contributed by atoms with E-state index in [0.29, 0.717) is 37.1 Å². The Labute approximate surface area is 154 Å². The van der Waals surface area contributed by atoms with Crippen LogP contribution in [0.5, 0.6) is 0 Å². The van der Waals surface area contributed by atoms with Crippen molar-refractivity contribution in [2.75, 3.05) is 13.1 Å². The van der Waals surface area contributed by atoms with Crippen LogP contribution < -0.4 is 0 Å². The zero-order chi connectivity index (χ0) is 19.6. The number of hydrogen-bond donors (Lipinski definition) is 1. The fraction of sp³-hybridized carbons (Fsp3) is 0.300. The molecule has 0 spiro atoms. The van der Waals surface area contributed by atoms with E-state index in [-0.39, 0.29) is 23.8 Å². The number of hydrogen-bond acceptors (Lipinski definition) is 2. The van der Waals surface area contributed by atoms with E-state index in [2.05, 4.69) is 0 Å². The number of carbonyl (C=O) groups is 2. The smallest absolute Gasteiger partial charge is 0.303 e. The minimum absolute atomic E-state index is 0.0807. The van der Waals surface area contributed by atoms with Gasteiger partial charge in [0.15, 0.2) is 17.5 Å². The predicted molar refractivity (Wildman–Crippen MR) is 92.6 cm³/mol. The second-order valence-corrected chi connectivity index (χ2v) is 6.66. The first kappa shape index (κ1) is 18.9. The molecule has 1 saturated heterocycles. The Morgan fingerprint density at radius 3 is 2.04 bits per heavy atom. The molecule has 1 N–H and O–H groups in total. The SMILES string of the molecule is O=C(O)CC1CCN(C(=O)c2ccc(-c3cc(F)c(F)c(F)c3)cc2)CC1. The summed E-state index contributed by atoms with van der Waals surface area (Å²) < 4.78 is 39.8. The van der Waals surface area contributed by atoms with Crippen LogP contribution in [0.2, 0.25) is 0 Å². The molecule has 4 nitrogen and oxygen atoms in total. The number of carboxylic acids is 1. The van der Waals surface area contributed by atoms with Crippen molar-refractivity contribution in [3.8, 4) is 11.1 Å². The summed E-state index contributed by atoms with van der Waals surface area (Å²) in [5.74, 6) is -4.98. The molecule has 0 atom stereocenters. The summed E-state index contributed by atoms with van der Waals surface area (Å²) in [6.07, 6.45) is 1.40. The van der Waals surface area contributed by atoms with Gasteiger partial charge in [-0.3, -0.25) is 9.59 Å². The maximum atomic E-state index is 13.4. The zero-order valence-corrected chi connectivity index (χ0v) is 14.4. The Morgan fingerprint density at radius 1 is 0.963 bits per heavy atom. The van der Waals surface area contributed by atoms with Gasteiger partial charge in [0.2, 0.25) is 0 Å². The number of carboxylic acid groups (broad SMARTS) is 1. The van der Waals surface area contributed by atoms with Crippen LogP contribution in [0.1, 0.15) is 29.6 Å². The van der Waals surface area contributed by atoms with Gasteiger partial charge in [-0.25, -0.2) is 13.2 Å². The van der Waals surface area contributed by atoms with Crippen molar-refractivity contribution in [3.63, 3.8) is 0 Å². The molecule has 0 aromatic heterocycles. The van der Waals surface area contributed by atoms with Gasteiger partial charge in [-0.15, -0.1) is 0 Å². The van der Waals surface area contributed by atoms with E-state index in [4.69, 9.17) is 5.11 Å². The Bertz CT molecular complexity index is 836. The highest BCUT2D eigenvalue weighted by molar-refractivity contribution is 5.94. The van der Waals surface area contributed by atoms with Gasteiger partial charge in [-0.2, -0.15) is 0 Å². The molecule has 1 fully saturated rings. The first-order valence-corrected chi connectivity index (χ1v) is 8.61. The first-order valence-electron chi connectivity index (χ1n) is 8.61. The highest BCUT2D eigenvalue weighted by atomic mass is 19.2. The molecule has 27 heavy (non-hydrogen) atoms. The van der Waals surface area contributed by atoms with Crippen molar-refractivity contribution in [1.82, 2.24) is 4.90 Å². The number of piperidine rings is 1. The predicted octanol–water partition coefficient (Wildman–Crippen LogP) is 4.10. The number of aliphatic carboxylic acids is 1. The molecule has 1 amide bonds. The standard InChI is InChI=1S/C20H18F3NO3/c21-16-10-15(11-17(22)19(16)23)13-1-3-14(4-2-13)20(27)24-7-5-12(6-8-24)9-18(25)26/h1-4,10-12H,5-9H2,(H,25,26). The molecule has 3 rings (SSSR count). The van der Waals surface area contributed by atoms with Gasteiger partial charge in [0.1, 0.15) is 0 Å². The molecule has 2 aromatic rings. The molecule has 142 valence electrons. The number of carbonyl (C=O) groups excluding carboxylic acids is 1. The van der Waals surface area contributed by atoms with Crippen molar-refractivity contribution in [3.05, 3.63) is 59.4 Å². The fourth-order valence-electron chi connectivity index (χ4n) is 3.30. The van der Waals surface area contributed by atoms with Crippen LogP contribution in [-0.4, -0.2) is 35.0 Å². The number of benzene rings is 2. The fourth-order valence-corrected chi connectivity index (χ4v) is 3.30. The van der Waals surface area contributed by atoms with E-state index in [1.807, 2.05) is 0 Å². The molecule has 1 aliphatic rings. The average Bonchev–Trinajstić information content (AvgIpc) is 2.65. The van der Waals surface area contributed by atoms with E-state index in [1.54, 1.807) is 29.2 Å². The third-order valence-corrected chi connectivity index (χ3v) is 4.81. The summed E-state index contributed by atoms with van der Waals surface area (Å²) in [5, 5.41) is 8.84. The van der Waals surface area contributed by atoms with E-state index < -0.39 is 23.4 Å². The molecule has 7 heteroatoms. The van der Waals surface area contributed by atoms with Gasteiger partial charge in [-0.05, 0) is 54.2 Å². The lowest BCUT2D eigenvalue weighted by atomic mass is 9.93. The minimum atomic E-state index is -1.52. The highest BCUT2D eigenvalue weighted by Crippen LogP contribution is 2.26.